The number of hydrogen-bond acceptors (Lipinski definition) is 5. The number of sulfonamides is 1. The zero-order valence-electron chi connectivity index (χ0n) is 17.7. The van der Waals surface area contributed by atoms with Crippen LogP contribution in [0.3, 0.4) is 0 Å². The summed E-state index contributed by atoms with van der Waals surface area (Å²) in [4.78, 5) is 17.1. The summed E-state index contributed by atoms with van der Waals surface area (Å²) in [6.45, 7) is 2.15. The van der Waals surface area contributed by atoms with Crippen molar-refractivity contribution in [1.82, 2.24) is 4.31 Å². The zero-order valence-corrected chi connectivity index (χ0v) is 18.5. The van der Waals surface area contributed by atoms with Gasteiger partial charge in [-0.25, -0.2) is 17.8 Å². The van der Waals surface area contributed by atoms with E-state index in [1.54, 1.807) is 30.3 Å². The van der Waals surface area contributed by atoms with Crippen molar-refractivity contribution in [3.63, 3.8) is 0 Å². The maximum atomic E-state index is 13.3. The average molecular weight is 454 g/mol. The quantitative estimate of drug-likeness (QED) is 0.715. The van der Waals surface area contributed by atoms with Gasteiger partial charge >= 0.3 is 0 Å². The molecule has 0 radical (unpaired) electrons. The molecule has 1 saturated heterocycles. The van der Waals surface area contributed by atoms with Crippen molar-refractivity contribution in [2.45, 2.75) is 24.7 Å². The molecule has 2 N–H and O–H groups in total. The molecule has 0 unspecified atom stereocenters. The summed E-state index contributed by atoms with van der Waals surface area (Å²) >= 11 is 0. The molecule has 166 valence electrons. The van der Waals surface area contributed by atoms with Crippen LogP contribution in [0.1, 0.15) is 18.4 Å². The number of nitrogens with two attached hydrogens (primary N) is 1. The number of fused-ring (bicyclic) bond motifs is 1. The van der Waals surface area contributed by atoms with Crippen molar-refractivity contribution < 1.29 is 17.6 Å². The van der Waals surface area contributed by atoms with E-state index in [1.807, 2.05) is 19.1 Å². The van der Waals surface area contributed by atoms with Crippen molar-refractivity contribution in [2.24, 2.45) is 16.1 Å². The van der Waals surface area contributed by atoms with Crippen molar-refractivity contribution in [3.8, 4) is 0 Å². The van der Waals surface area contributed by atoms with E-state index in [4.69, 9.17) is 5.73 Å². The van der Waals surface area contributed by atoms with E-state index in [9.17, 15) is 17.6 Å². The molecule has 1 aliphatic carbocycles. The summed E-state index contributed by atoms with van der Waals surface area (Å²) in [7, 11) is -3.74. The molecule has 0 amide bonds. The summed E-state index contributed by atoms with van der Waals surface area (Å²) in [5.74, 6) is -0.354. The average Bonchev–Trinajstić information content (AvgIpc) is 2.79. The fourth-order valence-corrected chi connectivity index (χ4v) is 5.87. The summed E-state index contributed by atoms with van der Waals surface area (Å²) in [6, 6.07) is 12.5. The van der Waals surface area contributed by atoms with Crippen molar-refractivity contribution in [1.29, 1.82) is 0 Å². The highest BCUT2D eigenvalue weighted by atomic mass is 32.2. The molecule has 6 nitrogen and oxygen atoms in total. The maximum absolute atomic E-state index is 13.3. The summed E-state index contributed by atoms with van der Waals surface area (Å²) < 4.78 is 41.1. The molecule has 32 heavy (non-hydrogen) atoms. The first-order chi connectivity index (χ1) is 15.3. The van der Waals surface area contributed by atoms with Crippen LogP contribution >= 0.6 is 0 Å². The van der Waals surface area contributed by atoms with E-state index in [-0.39, 0.29) is 30.2 Å². The second-order valence-electron chi connectivity index (χ2n) is 8.19. The van der Waals surface area contributed by atoms with Gasteiger partial charge < -0.3 is 10.5 Å². The Kier molecular flexibility index (Phi) is 5.83. The minimum atomic E-state index is -3.74. The second kappa shape index (κ2) is 8.44. The zero-order chi connectivity index (χ0) is 22.9. The number of aryl methyl sites for hydroxylation is 1. The fraction of sp³-hybridized carbons (Fsp3) is 0.250. The van der Waals surface area contributed by atoms with Gasteiger partial charge in [0, 0.05) is 13.1 Å². The highest BCUT2D eigenvalue weighted by molar-refractivity contribution is 7.89. The molecule has 2 aromatic carbocycles. The molecule has 0 bridgehead atoms. The Morgan fingerprint density at radius 1 is 1.19 bits per heavy atom. The van der Waals surface area contributed by atoms with Crippen LogP contribution in [0.4, 0.5) is 10.1 Å². The van der Waals surface area contributed by atoms with Crippen molar-refractivity contribution >= 4 is 27.7 Å². The number of nitrogens with zero attached hydrogens (tertiary/aromatic N) is 2. The molecule has 1 heterocycles. The lowest BCUT2D eigenvalue weighted by molar-refractivity contribution is -0.115. The molecular formula is C24H24FN3O3S. The van der Waals surface area contributed by atoms with Gasteiger partial charge in [-0.1, -0.05) is 17.7 Å². The molecule has 0 spiro atoms. The van der Waals surface area contributed by atoms with Gasteiger partial charge in [0.05, 0.1) is 21.7 Å². The van der Waals surface area contributed by atoms with Gasteiger partial charge in [-0.15, -0.1) is 0 Å². The number of rotatable bonds is 4. The van der Waals surface area contributed by atoms with E-state index >= 15 is 0 Å². The fourth-order valence-electron chi connectivity index (χ4n) is 4.25. The van der Waals surface area contributed by atoms with Crippen LogP contribution in [0.5, 0.6) is 0 Å². The SMILES string of the molecule is Cc1cccc(S(=O)(=O)N2CCC3=CC(=Nc4ccc(F)cc4)C(=CN)C[C@]3(C=O)C2)c1. The molecule has 1 atom stereocenters. The van der Waals surface area contributed by atoms with Gasteiger partial charge in [-0.05, 0) is 79.6 Å². The first-order valence-corrected chi connectivity index (χ1v) is 11.7. The van der Waals surface area contributed by atoms with Crippen LogP contribution in [0.25, 0.3) is 0 Å². The molecule has 1 fully saturated rings. The summed E-state index contributed by atoms with van der Waals surface area (Å²) in [6.07, 6.45) is 4.70. The van der Waals surface area contributed by atoms with Gasteiger partial charge in [0.25, 0.3) is 0 Å². The van der Waals surface area contributed by atoms with Crippen LogP contribution in [0.15, 0.2) is 81.8 Å². The number of piperidine rings is 1. The number of aliphatic imine (C=N–C) groups is 1. The Morgan fingerprint density at radius 3 is 2.59 bits per heavy atom. The van der Waals surface area contributed by atoms with Crippen LogP contribution in [0.2, 0.25) is 0 Å². The lowest BCUT2D eigenvalue weighted by Crippen LogP contribution is -2.50. The highest BCUT2D eigenvalue weighted by Gasteiger charge is 2.46. The minimum Gasteiger partial charge on any atom is -0.404 e. The molecule has 0 aromatic heterocycles. The minimum absolute atomic E-state index is 0.0414. The van der Waals surface area contributed by atoms with Gasteiger partial charge in [-0.2, -0.15) is 4.31 Å². The molecule has 1 aliphatic heterocycles. The topological polar surface area (TPSA) is 92.8 Å². The molecule has 2 aromatic rings. The number of halogens is 1. The van der Waals surface area contributed by atoms with Gasteiger partial charge in [0.1, 0.15) is 12.1 Å². The normalized spacial score (nSPS) is 24.2. The van der Waals surface area contributed by atoms with E-state index in [0.29, 0.717) is 23.4 Å². The second-order valence-corrected chi connectivity index (χ2v) is 10.1. The number of benzene rings is 2. The Bertz CT molecular complexity index is 1250. The number of hydrogen-bond donors (Lipinski definition) is 1. The van der Waals surface area contributed by atoms with E-state index in [2.05, 4.69) is 4.99 Å². The molecule has 0 saturated carbocycles. The Morgan fingerprint density at radius 2 is 1.94 bits per heavy atom. The van der Waals surface area contributed by atoms with E-state index < -0.39 is 15.4 Å². The number of allylic oxidation sites excluding steroid dienone is 2. The molecule has 2 aliphatic rings. The lowest BCUT2D eigenvalue weighted by Gasteiger charge is -2.43. The number of carbonyl (C=O) groups excluding carboxylic acids is 1. The third kappa shape index (κ3) is 4.03. The van der Waals surface area contributed by atoms with Gasteiger partial charge in [-0.3, -0.25) is 0 Å². The monoisotopic (exact) mass is 453 g/mol. The standard InChI is InChI=1S/C24H24FN3O3S/c1-17-3-2-4-22(11-17)32(30,31)28-10-9-19-12-23(27-21-7-5-20(25)6-8-21)18(14-26)13-24(19,15-28)16-29/h2-8,11-12,14,16H,9-10,13,15,26H2,1H3/t24-/m1/s1. The molecular weight excluding hydrogens is 429 g/mol. The van der Waals surface area contributed by atoms with Crippen molar-refractivity contribution in [3.05, 3.63) is 83.3 Å². The predicted molar refractivity (Wildman–Crippen MR) is 122 cm³/mol. The van der Waals surface area contributed by atoms with Crippen LogP contribution in [-0.4, -0.2) is 37.8 Å². The van der Waals surface area contributed by atoms with Crippen LogP contribution in [-0.2, 0) is 14.8 Å². The van der Waals surface area contributed by atoms with Crippen LogP contribution < -0.4 is 5.73 Å². The van der Waals surface area contributed by atoms with E-state index in [0.717, 1.165) is 17.4 Å². The van der Waals surface area contributed by atoms with Gasteiger partial charge in [0.2, 0.25) is 10.0 Å². The first-order valence-electron chi connectivity index (χ1n) is 10.3. The molecule has 4 rings (SSSR count). The van der Waals surface area contributed by atoms with E-state index in [1.165, 1.54) is 22.6 Å². The number of aldehydes is 1. The third-order valence-electron chi connectivity index (χ3n) is 6.00. The Balaban J connectivity index is 1.70. The predicted octanol–water partition coefficient (Wildman–Crippen LogP) is 3.66. The lowest BCUT2D eigenvalue weighted by atomic mass is 9.68. The largest absolute Gasteiger partial charge is 0.404 e. The molecule has 8 heteroatoms. The number of carbonyl (C=O) groups is 1. The highest BCUT2D eigenvalue weighted by Crippen LogP contribution is 2.44. The van der Waals surface area contributed by atoms with Crippen molar-refractivity contribution in [2.75, 3.05) is 13.1 Å². The maximum Gasteiger partial charge on any atom is 0.243 e. The summed E-state index contributed by atoms with van der Waals surface area (Å²) in [5, 5.41) is 0. The van der Waals surface area contributed by atoms with Gasteiger partial charge in [0.15, 0.2) is 0 Å². The third-order valence-corrected chi connectivity index (χ3v) is 7.85. The van der Waals surface area contributed by atoms with Crippen LogP contribution in [0, 0.1) is 18.2 Å². The smallest absolute Gasteiger partial charge is 0.243 e. The Labute approximate surface area is 187 Å². The Hall–Kier alpha value is -3.10. The summed E-state index contributed by atoms with van der Waals surface area (Å²) in [5.41, 5.74) is 8.34. The first kappa shape index (κ1) is 22.1.